The van der Waals surface area contributed by atoms with Gasteiger partial charge in [-0.3, -0.25) is 0 Å². The topological polar surface area (TPSA) is 26.0 Å². The number of rotatable bonds is 16. The van der Waals surface area contributed by atoms with E-state index in [1.165, 1.54) is 122 Å². The van der Waals surface area contributed by atoms with Crippen LogP contribution >= 0.6 is 0 Å². The Balaban J connectivity index is 1.78. The molecule has 1 heteroatoms. The summed E-state index contributed by atoms with van der Waals surface area (Å²) in [4.78, 5) is 0. The highest BCUT2D eigenvalue weighted by Crippen LogP contribution is 2.27. The third-order valence-corrected chi connectivity index (χ3v) is 6.05. The van der Waals surface area contributed by atoms with Gasteiger partial charge in [0.1, 0.15) is 0 Å². The van der Waals surface area contributed by atoms with E-state index in [9.17, 15) is 0 Å². The van der Waals surface area contributed by atoms with Crippen LogP contribution in [0.2, 0.25) is 0 Å². The Morgan fingerprint density at radius 2 is 1.24 bits per heavy atom. The smallest absolute Gasteiger partial charge is 0.00671 e. The summed E-state index contributed by atoms with van der Waals surface area (Å²) in [6, 6.07) is 0.491. The average Bonchev–Trinajstić information content (AvgIpc) is 2.65. The van der Waals surface area contributed by atoms with E-state index in [2.05, 4.69) is 19.1 Å². The van der Waals surface area contributed by atoms with Gasteiger partial charge in [-0.1, -0.05) is 96.1 Å². The summed E-state index contributed by atoms with van der Waals surface area (Å²) in [6.07, 6.45) is 31.2. The number of nitrogens with two attached hydrogens (primary N) is 1. The van der Waals surface area contributed by atoms with Crippen LogP contribution in [0.15, 0.2) is 12.2 Å². The molecule has 1 unspecified atom stereocenters. The van der Waals surface area contributed by atoms with Crippen LogP contribution in [0.25, 0.3) is 0 Å². The molecule has 0 radical (unpaired) electrons. The predicted octanol–water partition coefficient (Wildman–Crippen LogP) is 7.93. The number of allylic oxidation sites excluding steroid dienone is 2. The summed E-state index contributed by atoms with van der Waals surface area (Å²) >= 11 is 0. The second-order valence-corrected chi connectivity index (χ2v) is 8.43. The van der Waals surface area contributed by atoms with Crippen molar-refractivity contribution in [3.63, 3.8) is 0 Å². The molecular formula is C24H47N. The van der Waals surface area contributed by atoms with Gasteiger partial charge >= 0.3 is 0 Å². The predicted molar refractivity (Wildman–Crippen MR) is 114 cm³/mol. The van der Waals surface area contributed by atoms with E-state index in [1.54, 1.807) is 0 Å². The Morgan fingerprint density at radius 3 is 1.84 bits per heavy atom. The quantitative estimate of drug-likeness (QED) is 0.222. The average molecular weight is 350 g/mol. The number of hydrogen-bond acceptors (Lipinski definition) is 1. The molecule has 0 aromatic rings. The van der Waals surface area contributed by atoms with Crippen molar-refractivity contribution in [3.05, 3.63) is 12.2 Å². The van der Waals surface area contributed by atoms with Crippen LogP contribution in [-0.2, 0) is 0 Å². The lowest BCUT2D eigenvalue weighted by Gasteiger charge is -2.27. The fraction of sp³-hybridized carbons (Fsp3) is 0.917. The molecule has 148 valence electrons. The first-order valence-electron chi connectivity index (χ1n) is 11.7. The molecule has 0 aromatic carbocycles. The second-order valence-electron chi connectivity index (χ2n) is 8.43. The Labute approximate surface area is 159 Å². The van der Waals surface area contributed by atoms with Crippen LogP contribution in [0.1, 0.15) is 129 Å². The Bertz CT molecular complexity index is 290. The van der Waals surface area contributed by atoms with Gasteiger partial charge in [0, 0.05) is 6.04 Å². The molecule has 25 heavy (non-hydrogen) atoms. The third-order valence-electron chi connectivity index (χ3n) is 6.05. The van der Waals surface area contributed by atoms with Gasteiger partial charge in [0.25, 0.3) is 0 Å². The van der Waals surface area contributed by atoms with E-state index in [-0.39, 0.29) is 0 Å². The van der Waals surface area contributed by atoms with Gasteiger partial charge in [-0.2, -0.15) is 0 Å². The molecule has 1 atom stereocenters. The molecule has 0 spiro atoms. The van der Waals surface area contributed by atoms with Crippen LogP contribution in [0, 0.1) is 5.92 Å². The molecule has 2 N–H and O–H groups in total. The van der Waals surface area contributed by atoms with Crippen molar-refractivity contribution in [1.82, 2.24) is 0 Å². The normalized spacial score (nSPS) is 17.4. The van der Waals surface area contributed by atoms with Gasteiger partial charge in [-0.05, 0) is 50.9 Å². The first-order valence-corrected chi connectivity index (χ1v) is 11.7. The van der Waals surface area contributed by atoms with Crippen LogP contribution in [0.4, 0.5) is 0 Å². The maximum atomic E-state index is 6.39. The highest BCUT2D eigenvalue weighted by atomic mass is 14.6. The van der Waals surface area contributed by atoms with E-state index in [0.717, 1.165) is 5.92 Å². The summed E-state index contributed by atoms with van der Waals surface area (Å²) in [7, 11) is 0. The molecule has 0 saturated heterocycles. The van der Waals surface area contributed by atoms with Crippen molar-refractivity contribution in [1.29, 1.82) is 0 Å². The summed E-state index contributed by atoms with van der Waals surface area (Å²) in [5.41, 5.74) is 6.39. The van der Waals surface area contributed by atoms with E-state index >= 15 is 0 Å². The monoisotopic (exact) mass is 349 g/mol. The van der Waals surface area contributed by atoms with Gasteiger partial charge in [0.15, 0.2) is 0 Å². The molecule has 1 rings (SSSR count). The largest absolute Gasteiger partial charge is 0.327 e. The Kier molecular flexibility index (Phi) is 15.6. The van der Waals surface area contributed by atoms with Gasteiger partial charge in [-0.15, -0.1) is 0 Å². The standard InChI is InChI=1S/C24H47N/c1-2-3-4-5-6-7-8-9-10-11-12-13-14-15-19-22-24(25)23-20-17-16-18-21-23/h9-10,23-24H,2-8,11-22,25H2,1H3/b10-9-. The van der Waals surface area contributed by atoms with Crippen molar-refractivity contribution in [3.8, 4) is 0 Å². The lowest BCUT2D eigenvalue weighted by molar-refractivity contribution is 0.290. The fourth-order valence-corrected chi connectivity index (χ4v) is 4.25. The van der Waals surface area contributed by atoms with Gasteiger partial charge < -0.3 is 5.73 Å². The summed E-state index contributed by atoms with van der Waals surface area (Å²) < 4.78 is 0. The summed E-state index contributed by atoms with van der Waals surface area (Å²) in [5, 5.41) is 0. The second kappa shape index (κ2) is 17.1. The summed E-state index contributed by atoms with van der Waals surface area (Å²) in [6.45, 7) is 2.29. The minimum atomic E-state index is 0.491. The maximum absolute atomic E-state index is 6.39. The Hall–Kier alpha value is -0.300. The molecule has 1 nitrogen and oxygen atoms in total. The molecular weight excluding hydrogens is 302 g/mol. The molecule has 1 aliphatic carbocycles. The van der Waals surface area contributed by atoms with E-state index in [1.807, 2.05) is 0 Å². The molecule has 0 amide bonds. The van der Waals surface area contributed by atoms with Crippen molar-refractivity contribution in [2.45, 2.75) is 135 Å². The minimum Gasteiger partial charge on any atom is -0.327 e. The zero-order chi connectivity index (χ0) is 18.0. The van der Waals surface area contributed by atoms with Crippen LogP contribution in [0.3, 0.4) is 0 Å². The molecule has 0 heterocycles. The lowest BCUT2D eigenvalue weighted by atomic mass is 9.82. The van der Waals surface area contributed by atoms with E-state index in [0.29, 0.717) is 6.04 Å². The molecule has 1 aliphatic rings. The highest BCUT2D eigenvalue weighted by Gasteiger charge is 2.19. The zero-order valence-corrected chi connectivity index (χ0v) is 17.3. The van der Waals surface area contributed by atoms with Crippen molar-refractivity contribution < 1.29 is 0 Å². The molecule has 0 aliphatic heterocycles. The van der Waals surface area contributed by atoms with E-state index in [4.69, 9.17) is 5.73 Å². The molecule has 0 aromatic heterocycles. The zero-order valence-electron chi connectivity index (χ0n) is 17.3. The molecule has 1 fully saturated rings. The highest BCUT2D eigenvalue weighted by molar-refractivity contribution is 4.81. The van der Waals surface area contributed by atoms with Crippen molar-refractivity contribution in [2.75, 3.05) is 0 Å². The van der Waals surface area contributed by atoms with E-state index < -0.39 is 0 Å². The van der Waals surface area contributed by atoms with Crippen LogP contribution in [-0.4, -0.2) is 6.04 Å². The number of unbranched alkanes of at least 4 members (excludes halogenated alkanes) is 11. The fourth-order valence-electron chi connectivity index (χ4n) is 4.25. The minimum absolute atomic E-state index is 0.491. The SMILES string of the molecule is CCCCCCCC/C=C\CCCCCCCC(N)C1CCCCC1. The van der Waals surface area contributed by atoms with Gasteiger partial charge in [0.2, 0.25) is 0 Å². The molecule has 0 bridgehead atoms. The Morgan fingerprint density at radius 1 is 0.720 bits per heavy atom. The lowest BCUT2D eigenvalue weighted by Crippen LogP contribution is -2.31. The first-order chi connectivity index (χ1) is 12.3. The summed E-state index contributed by atoms with van der Waals surface area (Å²) in [5.74, 6) is 0.838. The number of hydrogen-bond donors (Lipinski definition) is 1. The van der Waals surface area contributed by atoms with Crippen molar-refractivity contribution >= 4 is 0 Å². The van der Waals surface area contributed by atoms with Crippen molar-refractivity contribution in [2.24, 2.45) is 11.7 Å². The third kappa shape index (κ3) is 13.5. The van der Waals surface area contributed by atoms with Gasteiger partial charge in [-0.25, -0.2) is 0 Å². The van der Waals surface area contributed by atoms with Gasteiger partial charge in [0.05, 0.1) is 0 Å². The van der Waals surface area contributed by atoms with Crippen LogP contribution in [0.5, 0.6) is 0 Å². The van der Waals surface area contributed by atoms with Crippen LogP contribution < -0.4 is 5.73 Å². The molecule has 1 saturated carbocycles. The maximum Gasteiger partial charge on any atom is 0.00671 e. The first kappa shape index (κ1) is 22.7.